The summed E-state index contributed by atoms with van der Waals surface area (Å²) in [6, 6.07) is 0. The summed E-state index contributed by atoms with van der Waals surface area (Å²) in [6.45, 7) is 18.1. The Bertz CT molecular complexity index is 624. The van der Waals surface area contributed by atoms with Gasteiger partial charge in [-0.15, -0.1) is 0 Å². The van der Waals surface area contributed by atoms with Gasteiger partial charge in [0.2, 0.25) is 0 Å². The smallest absolute Gasteiger partial charge is 0.303 e. The lowest BCUT2D eigenvalue weighted by atomic mass is 9.45. The number of ether oxygens (including phenoxy) is 2. The standard InChI is InChI=1S/C24H40O4/c1-9-22(6,27-17(2)25)15-11-20-23(7)14-10-13-21(4,5)19(23)12-16-24(20,8)28-18(3)26/h9,19-20H,1,10-16H2,2-8H3/t19-,20-,22-,23+,24+/m1/s1. The Balaban J connectivity index is 2.37. The third-order valence-corrected chi connectivity index (χ3v) is 7.85. The van der Waals surface area contributed by atoms with Crippen LogP contribution in [0.1, 0.15) is 93.4 Å². The predicted molar refractivity (Wildman–Crippen MR) is 112 cm³/mol. The average Bonchev–Trinajstić information content (AvgIpc) is 2.51. The van der Waals surface area contributed by atoms with Crippen molar-refractivity contribution in [2.45, 2.75) is 105 Å². The molecule has 0 spiro atoms. The highest BCUT2D eigenvalue weighted by Crippen LogP contribution is 2.63. The lowest BCUT2D eigenvalue weighted by Gasteiger charge is -2.62. The first-order valence-electron chi connectivity index (χ1n) is 10.8. The number of hydrogen-bond acceptors (Lipinski definition) is 4. The van der Waals surface area contributed by atoms with Crippen molar-refractivity contribution in [3.63, 3.8) is 0 Å². The molecule has 2 aliphatic rings. The van der Waals surface area contributed by atoms with Gasteiger partial charge in [0, 0.05) is 19.8 Å². The van der Waals surface area contributed by atoms with Crippen molar-refractivity contribution in [3.05, 3.63) is 12.7 Å². The fourth-order valence-electron chi connectivity index (χ4n) is 6.65. The van der Waals surface area contributed by atoms with Crippen molar-refractivity contribution in [3.8, 4) is 0 Å². The van der Waals surface area contributed by atoms with Crippen LogP contribution in [-0.4, -0.2) is 23.1 Å². The van der Waals surface area contributed by atoms with Gasteiger partial charge in [-0.2, -0.15) is 0 Å². The SMILES string of the molecule is C=C[C@](C)(CC[C@@H]1[C@@]2(C)CCCC(C)(C)[C@H]2CC[C@]1(C)OC(C)=O)OC(C)=O. The topological polar surface area (TPSA) is 52.6 Å². The minimum absolute atomic E-state index is 0.0997. The van der Waals surface area contributed by atoms with Crippen LogP contribution in [0.15, 0.2) is 12.7 Å². The average molecular weight is 393 g/mol. The Morgan fingerprint density at radius 2 is 1.75 bits per heavy atom. The fraction of sp³-hybridized carbons (Fsp3) is 0.833. The van der Waals surface area contributed by atoms with E-state index in [1.807, 2.05) is 6.92 Å². The van der Waals surface area contributed by atoms with Crippen LogP contribution in [-0.2, 0) is 19.1 Å². The van der Waals surface area contributed by atoms with Crippen molar-refractivity contribution < 1.29 is 19.1 Å². The lowest BCUT2D eigenvalue weighted by molar-refractivity contribution is -0.201. The zero-order valence-corrected chi connectivity index (χ0v) is 19.0. The molecule has 0 unspecified atom stereocenters. The summed E-state index contributed by atoms with van der Waals surface area (Å²) in [5.74, 6) is 0.316. The van der Waals surface area contributed by atoms with E-state index >= 15 is 0 Å². The number of hydrogen-bond donors (Lipinski definition) is 0. The Kier molecular flexibility index (Phi) is 6.43. The van der Waals surface area contributed by atoms with Crippen molar-refractivity contribution >= 4 is 11.9 Å². The fourth-order valence-corrected chi connectivity index (χ4v) is 6.65. The quantitative estimate of drug-likeness (QED) is 0.421. The Labute approximate surface area is 171 Å². The summed E-state index contributed by atoms with van der Waals surface area (Å²) in [5, 5.41) is 0. The highest BCUT2D eigenvalue weighted by atomic mass is 16.6. The zero-order chi connectivity index (χ0) is 21.4. The lowest BCUT2D eigenvalue weighted by Crippen LogP contribution is -2.59. The third-order valence-electron chi connectivity index (χ3n) is 7.85. The summed E-state index contributed by atoms with van der Waals surface area (Å²) in [6.07, 6.45) is 8.83. The minimum Gasteiger partial charge on any atom is -0.459 e. The van der Waals surface area contributed by atoms with Gasteiger partial charge in [0.05, 0.1) is 0 Å². The van der Waals surface area contributed by atoms with E-state index in [0.29, 0.717) is 17.8 Å². The molecule has 0 N–H and O–H groups in total. The van der Waals surface area contributed by atoms with Gasteiger partial charge in [-0.3, -0.25) is 9.59 Å². The van der Waals surface area contributed by atoms with E-state index in [0.717, 1.165) is 25.7 Å². The monoisotopic (exact) mass is 392 g/mol. The maximum atomic E-state index is 11.9. The molecule has 28 heavy (non-hydrogen) atoms. The van der Waals surface area contributed by atoms with Crippen LogP contribution in [0.3, 0.4) is 0 Å². The van der Waals surface area contributed by atoms with Gasteiger partial charge in [-0.25, -0.2) is 0 Å². The minimum atomic E-state index is -0.698. The molecule has 0 radical (unpaired) electrons. The van der Waals surface area contributed by atoms with E-state index in [1.54, 1.807) is 6.08 Å². The molecule has 0 aromatic carbocycles. The summed E-state index contributed by atoms with van der Waals surface area (Å²) < 4.78 is 11.6. The van der Waals surface area contributed by atoms with Crippen molar-refractivity contribution in [2.24, 2.45) is 22.7 Å². The number of carbonyl (C=O) groups is 2. The molecule has 0 bridgehead atoms. The summed E-state index contributed by atoms with van der Waals surface area (Å²) in [7, 11) is 0. The highest BCUT2D eigenvalue weighted by molar-refractivity contribution is 5.67. The molecule has 160 valence electrons. The first-order chi connectivity index (χ1) is 12.8. The molecule has 0 aromatic heterocycles. The van der Waals surface area contributed by atoms with Crippen LogP contribution < -0.4 is 0 Å². The van der Waals surface area contributed by atoms with Gasteiger partial charge in [-0.1, -0.05) is 33.8 Å². The van der Waals surface area contributed by atoms with Crippen LogP contribution in [0.2, 0.25) is 0 Å². The van der Waals surface area contributed by atoms with E-state index < -0.39 is 11.2 Å². The molecule has 2 rings (SSSR count). The third kappa shape index (κ3) is 4.46. The van der Waals surface area contributed by atoms with E-state index in [9.17, 15) is 9.59 Å². The Morgan fingerprint density at radius 1 is 1.11 bits per heavy atom. The molecule has 2 aliphatic carbocycles. The van der Waals surface area contributed by atoms with Crippen LogP contribution in [0.4, 0.5) is 0 Å². The second-order valence-corrected chi connectivity index (χ2v) is 10.5. The highest BCUT2D eigenvalue weighted by Gasteiger charge is 2.59. The molecule has 0 saturated heterocycles. The summed E-state index contributed by atoms with van der Waals surface area (Å²) in [5.41, 5.74) is -0.789. The number of fused-ring (bicyclic) bond motifs is 1. The summed E-state index contributed by atoms with van der Waals surface area (Å²) >= 11 is 0. The molecule has 0 heterocycles. The largest absolute Gasteiger partial charge is 0.459 e. The molecular weight excluding hydrogens is 352 g/mol. The van der Waals surface area contributed by atoms with Gasteiger partial charge >= 0.3 is 11.9 Å². The molecule has 0 aliphatic heterocycles. The molecular formula is C24H40O4. The molecule has 4 nitrogen and oxygen atoms in total. The van der Waals surface area contributed by atoms with Gasteiger partial charge < -0.3 is 9.47 Å². The molecule has 2 saturated carbocycles. The van der Waals surface area contributed by atoms with Crippen LogP contribution in [0.5, 0.6) is 0 Å². The summed E-state index contributed by atoms with van der Waals surface area (Å²) in [4.78, 5) is 23.5. The second-order valence-electron chi connectivity index (χ2n) is 10.5. The van der Waals surface area contributed by atoms with E-state index in [2.05, 4.69) is 34.3 Å². The molecule has 5 atom stereocenters. The zero-order valence-electron chi connectivity index (χ0n) is 19.0. The van der Waals surface area contributed by atoms with Crippen LogP contribution >= 0.6 is 0 Å². The van der Waals surface area contributed by atoms with Gasteiger partial charge in [-0.05, 0) is 75.2 Å². The van der Waals surface area contributed by atoms with Crippen molar-refractivity contribution in [1.29, 1.82) is 0 Å². The van der Waals surface area contributed by atoms with Crippen LogP contribution in [0, 0.1) is 22.7 Å². The van der Waals surface area contributed by atoms with E-state index in [-0.39, 0.29) is 23.3 Å². The van der Waals surface area contributed by atoms with Gasteiger partial charge in [0.1, 0.15) is 11.2 Å². The first kappa shape index (κ1) is 23.0. The van der Waals surface area contributed by atoms with E-state index in [4.69, 9.17) is 9.47 Å². The number of esters is 2. The van der Waals surface area contributed by atoms with Gasteiger partial charge in [0.25, 0.3) is 0 Å². The normalized spacial score (nSPS) is 36.5. The second kappa shape index (κ2) is 7.84. The molecule has 0 aromatic rings. The maximum Gasteiger partial charge on any atom is 0.303 e. The predicted octanol–water partition coefficient (Wildman–Crippen LogP) is 5.84. The Hall–Kier alpha value is -1.32. The Morgan fingerprint density at radius 3 is 2.29 bits per heavy atom. The molecule has 0 amide bonds. The maximum absolute atomic E-state index is 11.9. The van der Waals surface area contributed by atoms with Crippen molar-refractivity contribution in [2.75, 3.05) is 0 Å². The number of carbonyl (C=O) groups excluding carboxylic acids is 2. The van der Waals surface area contributed by atoms with Gasteiger partial charge in [0.15, 0.2) is 0 Å². The van der Waals surface area contributed by atoms with Crippen molar-refractivity contribution in [1.82, 2.24) is 0 Å². The van der Waals surface area contributed by atoms with Crippen LogP contribution in [0.25, 0.3) is 0 Å². The number of rotatable bonds is 6. The van der Waals surface area contributed by atoms with E-state index in [1.165, 1.54) is 26.7 Å². The molecule has 2 fully saturated rings. The molecule has 4 heteroatoms. The first-order valence-corrected chi connectivity index (χ1v) is 10.8.